The first kappa shape index (κ1) is 13.4. The van der Waals surface area contributed by atoms with E-state index < -0.39 is 9.85 Å². The van der Waals surface area contributed by atoms with E-state index in [4.69, 9.17) is 0 Å². The van der Waals surface area contributed by atoms with E-state index in [0.717, 1.165) is 25.8 Å². The summed E-state index contributed by atoms with van der Waals surface area (Å²) in [7, 11) is 0. The van der Waals surface area contributed by atoms with Gasteiger partial charge in [0.15, 0.2) is 0 Å². The van der Waals surface area contributed by atoms with Gasteiger partial charge in [-0.15, -0.1) is 0 Å². The number of nitro groups is 2. The fraction of sp³-hybridized carbons (Fsp3) is 0.500. The van der Waals surface area contributed by atoms with Crippen LogP contribution < -0.4 is 5.32 Å². The molecule has 1 N–H and O–H groups in total. The van der Waals surface area contributed by atoms with Crippen molar-refractivity contribution in [3.63, 3.8) is 0 Å². The molecule has 2 rings (SSSR count). The summed E-state index contributed by atoms with van der Waals surface area (Å²) in [5.74, 6) is 0. The Morgan fingerprint density at radius 3 is 2.26 bits per heavy atom. The van der Waals surface area contributed by atoms with E-state index in [0.29, 0.717) is 6.42 Å². The van der Waals surface area contributed by atoms with E-state index in [-0.39, 0.29) is 23.0 Å². The number of rotatable bonds is 3. The second-order valence-corrected chi connectivity index (χ2v) is 4.58. The third kappa shape index (κ3) is 2.87. The molecule has 1 unspecified atom stereocenters. The zero-order chi connectivity index (χ0) is 13.8. The smallest absolute Gasteiger partial charge is 0.281 e. The Balaban J connectivity index is 2.50. The van der Waals surface area contributed by atoms with Crippen LogP contribution in [0.4, 0.5) is 11.4 Å². The van der Waals surface area contributed by atoms with Crippen LogP contribution in [0.3, 0.4) is 0 Å². The van der Waals surface area contributed by atoms with Crippen LogP contribution in [0.1, 0.15) is 37.3 Å². The van der Waals surface area contributed by atoms with Crippen molar-refractivity contribution in [1.82, 2.24) is 5.32 Å². The number of nitrogens with one attached hydrogen (secondary N) is 1. The third-order valence-corrected chi connectivity index (χ3v) is 3.36. The van der Waals surface area contributed by atoms with Gasteiger partial charge in [0.05, 0.1) is 9.85 Å². The monoisotopic (exact) mass is 265 g/mol. The molecular formula is C12H15N3O4. The molecule has 0 aromatic heterocycles. The lowest BCUT2D eigenvalue weighted by atomic mass is 9.98. The third-order valence-electron chi connectivity index (χ3n) is 3.36. The SMILES string of the molecule is O=[N+]([O-])c1cccc([N+](=O)[O-])c1C1CCCCCN1. The number of nitro benzene ring substituents is 2. The van der Waals surface area contributed by atoms with Crippen LogP contribution in [0.5, 0.6) is 0 Å². The molecule has 0 aliphatic carbocycles. The van der Waals surface area contributed by atoms with E-state index in [1.165, 1.54) is 18.2 Å². The normalized spacial score (nSPS) is 19.7. The van der Waals surface area contributed by atoms with Gasteiger partial charge in [-0.25, -0.2) is 0 Å². The highest BCUT2D eigenvalue weighted by Crippen LogP contribution is 2.36. The molecule has 0 bridgehead atoms. The molecular weight excluding hydrogens is 250 g/mol. The summed E-state index contributed by atoms with van der Waals surface area (Å²) in [6, 6.07) is 3.70. The lowest BCUT2D eigenvalue weighted by Gasteiger charge is -2.16. The van der Waals surface area contributed by atoms with Crippen molar-refractivity contribution >= 4 is 11.4 Å². The molecule has 1 atom stereocenters. The maximum absolute atomic E-state index is 11.1. The summed E-state index contributed by atoms with van der Waals surface area (Å²) < 4.78 is 0. The zero-order valence-corrected chi connectivity index (χ0v) is 10.4. The summed E-state index contributed by atoms with van der Waals surface area (Å²) in [4.78, 5) is 21.1. The van der Waals surface area contributed by atoms with Crippen LogP contribution in [0.25, 0.3) is 0 Å². The summed E-state index contributed by atoms with van der Waals surface area (Å²) >= 11 is 0. The summed E-state index contributed by atoms with van der Waals surface area (Å²) in [5, 5.41) is 25.3. The first-order valence-electron chi connectivity index (χ1n) is 6.26. The van der Waals surface area contributed by atoms with E-state index in [9.17, 15) is 20.2 Å². The molecule has 1 aromatic rings. The maximum atomic E-state index is 11.1. The van der Waals surface area contributed by atoms with Gasteiger partial charge in [-0.05, 0) is 25.5 Å². The number of nitrogens with zero attached hydrogens (tertiary/aromatic N) is 2. The van der Waals surface area contributed by atoms with Gasteiger partial charge in [0.2, 0.25) is 0 Å². The standard InChI is InChI=1S/C12H15N3O4/c16-14(17)10-6-4-7-11(15(18)19)12(10)9-5-2-1-3-8-13-9/h4,6-7,9,13H,1-3,5,8H2. The van der Waals surface area contributed by atoms with E-state index in [1.807, 2.05) is 0 Å². The van der Waals surface area contributed by atoms with Gasteiger partial charge in [-0.3, -0.25) is 20.2 Å². The average Bonchev–Trinajstić information content (AvgIpc) is 2.66. The molecule has 19 heavy (non-hydrogen) atoms. The molecule has 1 heterocycles. The fourth-order valence-corrected chi connectivity index (χ4v) is 2.49. The van der Waals surface area contributed by atoms with Crippen LogP contribution in [-0.2, 0) is 0 Å². The molecule has 1 aromatic carbocycles. The predicted molar refractivity (Wildman–Crippen MR) is 69.0 cm³/mol. The first-order valence-corrected chi connectivity index (χ1v) is 6.26. The van der Waals surface area contributed by atoms with Gasteiger partial charge in [-0.2, -0.15) is 0 Å². The molecule has 0 radical (unpaired) electrons. The Hall–Kier alpha value is -2.02. The molecule has 1 aliphatic rings. The Bertz CT molecular complexity index is 463. The molecule has 102 valence electrons. The molecule has 1 saturated heterocycles. The van der Waals surface area contributed by atoms with Crippen molar-refractivity contribution < 1.29 is 9.85 Å². The van der Waals surface area contributed by atoms with Crippen LogP contribution in [0.2, 0.25) is 0 Å². The topological polar surface area (TPSA) is 98.3 Å². The lowest BCUT2D eigenvalue weighted by Crippen LogP contribution is -2.22. The molecule has 0 amide bonds. The molecule has 7 nitrogen and oxygen atoms in total. The second-order valence-electron chi connectivity index (χ2n) is 4.58. The molecule has 1 aliphatic heterocycles. The van der Waals surface area contributed by atoms with Crippen LogP contribution in [-0.4, -0.2) is 16.4 Å². The Morgan fingerprint density at radius 2 is 1.68 bits per heavy atom. The summed E-state index contributed by atoms with van der Waals surface area (Å²) in [6.07, 6.45) is 3.63. The minimum Gasteiger partial charge on any atom is -0.309 e. The number of hydrogen-bond acceptors (Lipinski definition) is 5. The van der Waals surface area contributed by atoms with Crippen molar-refractivity contribution in [3.05, 3.63) is 44.0 Å². The summed E-state index contributed by atoms with van der Waals surface area (Å²) in [6.45, 7) is 0.730. The van der Waals surface area contributed by atoms with E-state index in [2.05, 4.69) is 5.32 Å². The second kappa shape index (κ2) is 5.75. The predicted octanol–water partition coefficient (Wildman–Crippen LogP) is 2.71. The van der Waals surface area contributed by atoms with Gasteiger partial charge < -0.3 is 5.32 Å². The Morgan fingerprint density at radius 1 is 1.05 bits per heavy atom. The van der Waals surface area contributed by atoms with Crippen LogP contribution in [0.15, 0.2) is 18.2 Å². The number of benzene rings is 1. The summed E-state index contributed by atoms with van der Waals surface area (Å²) in [5.41, 5.74) is -0.137. The van der Waals surface area contributed by atoms with Gasteiger partial charge in [-0.1, -0.05) is 12.8 Å². The van der Waals surface area contributed by atoms with Gasteiger partial charge in [0, 0.05) is 18.2 Å². The van der Waals surface area contributed by atoms with E-state index >= 15 is 0 Å². The quantitative estimate of drug-likeness (QED) is 0.669. The average molecular weight is 265 g/mol. The number of hydrogen-bond donors (Lipinski definition) is 1. The van der Waals surface area contributed by atoms with Crippen molar-refractivity contribution in [2.24, 2.45) is 0 Å². The minimum atomic E-state index is -0.547. The van der Waals surface area contributed by atoms with Crippen molar-refractivity contribution in [1.29, 1.82) is 0 Å². The molecule has 0 saturated carbocycles. The highest BCUT2D eigenvalue weighted by molar-refractivity contribution is 5.55. The van der Waals surface area contributed by atoms with E-state index in [1.54, 1.807) is 0 Å². The Kier molecular flexibility index (Phi) is 4.06. The largest absolute Gasteiger partial charge is 0.309 e. The Labute approximate surface area is 109 Å². The first-order chi connectivity index (χ1) is 9.11. The van der Waals surface area contributed by atoms with Gasteiger partial charge in [0.1, 0.15) is 5.56 Å². The fourth-order valence-electron chi connectivity index (χ4n) is 2.49. The zero-order valence-electron chi connectivity index (χ0n) is 10.4. The van der Waals surface area contributed by atoms with Crippen molar-refractivity contribution in [2.45, 2.75) is 31.7 Å². The molecule has 7 heteroatoms. The molecule has 0 spiro atoms. The highest BCUT2D eigenvalue weighted by atomic mass is 16.6. The lowest BCUT2D eigenvalue weighted by molar-refractivity contribution is -0.396. The maximum Gasteiger partial charge on any atom is 0.281 e. The van der Waals surface area contributed by atoms with Gasteiger partial charge >= 0.3 is 0 Å². The molecule has 1 fully saturated rings. The highest BCUT2D eigenvalue weighted by Gasteiger charge is 2.31. The van der Waals surface area contributed by atoms with Crippen LogP contribution >= 0.6 is 0 Å². The van der Waals surface area contributed by atoms with Crippen molar-refractivity contribution in [2.75, 3.05) is 6.54 Å². The van der Waals surface area contributed by atoms with Gasteiger partial charge in [0.25, 0.3) is 11.4 Å². The van der Waals surface area contributed by atoms with Crippen molar-refractivity contribution in [3.8, 4) is 0 Å². The van der Waals surface area contributed by atoms with Crippen LogP contribution in [0, 0.1) is 20.2 Å². The minimum absolute atomic E-state index is 0.173.